The van der Waals surface area contributed by atoms with E-state index in [1.165, 1.54) is 6.07 Å². The van der Waals surface area contributed by atoms with E-state index in [-0.39, 0.29) is 12.5 Å². The van der Waals surface area contributed by atoms with Gasteiger partial charge in [-0.25, -0.2) is 8.42 Å². The minimum atomic E-state index is -3.55. The van der Waals surface area contributed by atoms with Crippen LogP contribution in [-0.2, 0) is 14.8 Å². The fourth-order valence-electron chi connectivity index (χ4n) is 2.40. The zero-order valence-corrected chi connectivity index (χ0v) is 15.5. The molecule has 0 aromatic heterocycles. The second kappa shape index (κ2) is 7.58. The van der Waals surface area contributed by atoms with E-state index >= 15 is 0 Å². The molecule has 1 N–H and O–H groups in total. The number of ether oxygens (including phenoxy) is 1. The van der Waals surface area contributed by atoms with Crippen LogP contribution in [0.25, 0.3) is 0 Å². The Labute approximate surface area is 147 Å². The smallest absolute Gasteiger partial charge is 0.263 e. The number of halogens is 1. The number of hydrogen-bond acceptors (Lipinski definition) is 5. The summed E-state index contributed by atoms with van der Waals surface area (Å²) in [6.45, 7) is 1.28. The summed E-state index contributed by atoms with van der Waals surface area (Å²) >= 11 is 5.94. The second-order valence-corrected chi connectivity index (χ2v) is 8.30. The van der Waals surface area contributed by atoms with Gasteiger partial charge >= 0.3 is 0 Å². The number of benzene rings is 1. The highest BCUT2D eigenvalue weighted by Gasteiger charge is 2.35. The van der Waals surface area contributed by atoms with E-state index in [0.717, 1.165) is 23.5 Å². The summed E-state index contributed by atoms with van der Waals surface area (Å²) in [5.41, 5.74) is 0.349. The number of fused-ring (bicyclic) bond motifs is 1. The molecule has 0 saturated carbocycles. The van der Waals surface area contributed by atoms with Gasteiger partial charge in [-0.15, -0.1) is 0 Å². The molecule has 0 unspecified atom stereocenters. The van der Waals surface area contributed by atoms with E-state index < -0.39 is 16.1 Å². The van der Waals surface area contributed by atoms with E-state index in [2.05, 4.69) is 5.32 Å². The number of rotatable bonds is 6. The van der Waals surface area contributed by atoms with Crippen LogP contribution in [0.5, 0.6) is 5.75 Å². The van der Waals surface area contributed by atoms with Crippen molar-refractivity contribution in [2.45, 2.75) is 12.5 Å². The van der Waals surface area contributed by atoms with Gasteiger partial charge in [0.1, 0.15) is 5.75 Å². The highest BCUT2D eigenvalue weighted by atomic mass is 35.5. The number of nitrogens with zero attached hydrogens (tertiary/aromatic N) is 2. The van der Waals surface area contributed by atoms with Crippen LogP contribution in [0.3, 0.4) is 0 Å². The Morgan fingerprint density at radius 3 is 2.79 bits per heavy atom. The SMILES string of the molecule is CN(C)CCCNC(=O)[C@H]1CN(S(C)(=O)=O)c2cc(Cl)ccc2O1. The van der Waals surface area contributed by atoms with Crippen LogP contribution in [-0.4, -0.2) is 65.3 Å². The van der Waals surface area contributed by atoms with E-state index in [1.54, 1.807) is 12.1 Å². The van der Waals surface area contributed by atoms with Gasteiger partial charge in [-0.1, -0.05) is 11.6 Å². The Hall–Kier alpha value is -1.51. The van der Waals surface area contributed by atoms with E-state index in [0.29, 0.717) is 23.0 Å². The third-order valence-electron chi connectivity index (χ3n) is 3.56. The van der Waals surface area contributed by atoms with Gasteiger partial charge < -0.3 is 15.0 Å². The second-order valence-electron chi connectivity index (χ2n) is 5.96. The summed E-state index contributed by atoms with van der Waals surface area (Å²) in [5.74, 6) is -0.00692. The molecule has 2 rings (SSSR count). The number of nitrogens with one attached hydrogen (secondary N) is 1. The normalized spacial score (nSPS) is 17.4. The Bertz CT molecular complexity index is 709. The lowest BCUT2D eigenvalue weighted by atomic mass is 10.2. The quantitative estimate of drug-likeness (QED) is 0.748. The average molecular weight is 376 g/mol. The molecule has 0 spiro atoms. The molecule has 7 nitrogen and oxygen atoms in total. The maximum Gasteiger partial charge on any atom is 0.263 e. The largest absolute Gasteiger partial charge is 0.476 e. The third kappa shape index (κ3) is 4.75. The number of anilines is 1. The molecule has 134 valence electrons. The predicted molar refractivity (Wildman–Crippen MR) is 94.2 cm³/mol. The summed E-state index contributed by atoms with van der Waals surface area (Å²) < 4.78 is 30.9. The van der Waals surface area contributed by atoms with Gasteiger partial charge in [0.2, 0.25) is 10.0 Å². The number of amides is 1. The zero-order chi connectivity index (χ0) is 17.9. The Morgan fingerprint density at radius 1 is 1.46 bits per heavy atom. The summed E-state index contributed by atoms with van der Waals surface area (Å²) in [5, 5.41) is 3.18. The third-order valence-corrected chi connectivity index (χ3v) is 4.95. The van der Waals surface area contributed by atoms with Crippen molar-refractivity contribution in [1.82, 2.24) is 10.2 Å². The molecule has 9 heteroatoms. The molecule has 1 aliphatic heterocycles. The van der Waals surface area contributed by atoms with Crippen LogP contribution in [0.2, 0.25) is 5.02 Å². The fraction of sp³-hybridized carbons (Fsp3) is 0.533. The molecule has 1 aliphatic rings. The maximum atomic E-state index is 12.3. The van der Waals surface area contributed by atoms with Crippen molar-refractivity contribution in [1.29, 1.82) is 0 Å². The van der Waals surface area contributed by atoms with Crippen molar-refractivity contribution >= 4 is 33.2 Å². The molecule has 0 fully saturated rings. The van der Waals surface area contributed by atoms with Crippen molar-refractivity contribution in [3.05, 3.63) is 23.2 Å². The predicted octanol–water partition coefficient (Wildman–Crippen LogP) is 0.935. The molecule has 0 radical (unpaired) electrons. The number of hydrogen-bond donors (Lipinski definition) is 1. The van der Waals surface area contributed by atoms with Crippen molar-refractivity contribution in [3.8, 4) is 5.75 Å². The van der Waals surface area contributed by atoms with Crippen LogP contribution in [0, 0.1) is 0 Å². The standard InChI is InChI=1S/C15H22ClN3O4S/c1-18(2)8-4-7-17-15(20)14-10-19(24(3,21)22)12-9-11(16)5-6-13(12)23-14/h5-6,9,14H,4,7-8,10H2,1-3H3,(H,17,20)/t14-/m1/s1. The van der Waals surface area contributed by atoms with Gasteiger partial charge in [-0.05, 0) is 45.3 Å². The van der Waals surface area contributed by atoms with Crippen LogP contribution in [0.15, 0.2) is 18.2 Å². The molecular weight excluding hydrogens is 354 g/mol. The maximum absolute atomic E-state index is 12.3. The molecular formula is C15H22ClN3O4S. The molecule has 24 heavy (non-hydrogen) atoms. The lowest BCUT2D eigenvalue weighted by Gasteiger charge is -2.34. The Morgan fingerprint density at radius 2 is 2.17 bits per heavy atom. The van der Waals surface area contributed by atoms with Gasteiger partial charge in [0.05, 0.1) is 18.5 Å². The molecule has 1 heterocycles. The number of carbonyl (C=O) groups is 1. The Kier molecular flexibility index (Phi) is 5.95. The molecule has 1 amide bonds. The number of carbonyl (C=O) groups excluding carboxylic acids is 1. The first-order valence-corrected chi connectivity index (χ1v) is 9.77. The van der Waals surface area contributed by atoms with Gasteiger partial charge in [-0.2, -0.15) is 0 Å². The first-order chi connectivity index (χ1) is 11.2. The molecule has 1 atom stereocenters. The van der Waals surface area contributed by atoms with Gasteiger partial charge in [0.15, 0.2) is 6.10 Å². The lowest BCUT2D eigenvalue weighted by Crippen LogP contribution is -2.50. The summed E-state index contributed by atoms with van der Waals surface area (Å²) in [6, 6.07) is 4.68. The minimum absolute atomic E-state index is 0.0777. The van der Waals surface area contributed by atoms with Gasteiger partial charge in [0, 0.05) is 11.6 Å². The minimum Gasteiger partial charge on any atom is -0.476 e. The monoisotopic (exact) mass is 375 g/mol. The van der Waals surface area contributed by atoms with Crippen molar-refractivity contribution in [2.75, 3.05) is 44.3 Å². The Balaban J connectivity index is 2.11. The van der Waals surface area contributed by atoms with Crippen LogP contribution in [0.1, 0.15) is 6.42 Å². The summed E-state index contributed by atoms with van der Waals surface area (Å²) in [7, 11) is 0.362. The molecule has 0 aliphatic carbocycles. The lowest BCUT2D eigenvalue weighted by molar-refractivity contribution is -0.127. The highest BCUT2D eigenvalue weighted by molar-refractivity contribution is 7.92. The van der Waals surface area contributed by atoms with E-state index in [4.69, 9.17) is 16.3 Å². The molecule has 0 saturated heterocycles. The first-order valence-electron chi connectivity index (χ1n) is 7.55. The zero-order valence-electron chi connectivity index (χ0n) is 14.0. The molecule has 1 aromatic carbocycles. The molecule has 1 aromatic rings. The van der Waals surface area contributed by atoms with Crippen LogP contribution in [0.4, 0.5) is 5.69 Å². The summed E-state index contributed by atoms with van der Waals surface area (Å²) in [6.07, 6.45) is 0.996. The summed E-state index contributed by atoms with van der Waals surface area (Å²) in [4.78, 5) is 14.3. The highest BCUT2D eigenvalue weighted by Crippen LogP contribution is 2.36. The van der Waals surface area contributed by atoms with Crippen molar-refractivity contribution in [2.24, 2.45) is 0 Å². The average Bonchev–Trinajstić information content (AvgIpc) is 2.49. The first kappa shape index (κ1) is 18.8. The van der Waals surface area contributed by atoms with Crippen molar-refractivity contribution < 1.29 is 17.9 Å². The fourth-order valence-corrected chi connectivity index (χ4v) is 3.47. The topological polar surface area (TPSA) is 79.0 Å². The number of sulfonamides is 1. The van der Waals surface area contributed by atoms with E-state index in [9.17, 15) is 13.2 Å². The molecule has 0 bridgehead atoms. The van der Waals surface area contributed by atoms with Gasteiger partial charge in [-0.3, -0.25) is 9.10 Å². The van der Waals surface area contributed by atoms with Gasteiger partial charge in [0.25, 0.3) is 5.91 Å². The van der Waals surface area contributed by atoms with Crippen molar-refractivity contribution in [3.63, 3.8) is 0 Å². The van der Waals surface area contributed by atoms with E-state index in [1.807, 2.05) is 19.0 Å². The van der Waals surface area contributed by atoms with Crippen LogP contribution >= 0.6 is 11.6 Å². The van der Waals surface area contributed by atoms with Crippen LogP contribution < -0.4 is 14.4 Å².